The first-order chi connectivity index (χ1) is 9.21. The standard InChI is InChI=1S/C16H24O2Si/c1-5-14-9-8-10-15(11-14)16(6-2)18-19-13(4)12-17-7-3/h5,8-11,13,16H,1,6-7,12H2,2-4H3. The Balaban J connectivity index is 2.54. The fourth-order valence-electron chi connectivity index (χ4n) is 1.80. The Labute approximate surface area is 119 Å². The van der Waals surface area contributed by atoms with Gasteiger partial charge in [0.15, 0.2) is 0 Å². The highest BCUT2D eigenvalue weighted by molar-refractivity contribution is 6.29. The fourth-order valence-corrected chi connectivity index (χ4v) is 2.69. The van der Waals surface area contributed by atoms with Gasteiger partial charge in [-0.3, -0.25) is 0 Å². The van der Waals surface area contributed by atoms with E-state index in [1.54, 1.807) is 0 Å². The molecule has 0 amide bonds. The maximum absolute atomic E-state index is 6.05. The van der Waals surface area contributed by atoms with Gasteiger partial charge >= 0.3 is 0 Å². The molecule has 0 aliphatic heterocycles. The molecule has 2 unspecified atom stereocenters. The molecule has 2 atom stereocenters. The van der Waals surface area contributed by atoms with Gasteiger partial charge in [-0.2, -0.15) is 0 Å². The molecule has 104 valence electrons. The van der Waals surface area contributed by atoms with Crippen molar-refractivity contribution in [3.05, 3.63) is 42.0 Å². The molecule has 0 saturated carbocycles. The largest absolute Gasteiger partial charge is 0.410 e. The lowest BCUT2D eigenvalue weighted by Crippen LogP contribution is -2.14. The second kappa shape index (κ2) is 9.07. The third kappa shape index (κ3) is 5.72. The summed E-state index contributed by atoms with van der Waals surface area (Å²) in [5.41, 5.74) is 2.83. The normalized spacial score (nSPS) is 14.1. The summed E-state index contributed by atoms with van der Waals surface area (Å²) >= 11 is 0. The molecule has 2 radical (unpaired) electrons. The van der Waals surface area contributed by atoms with E-state index in [1.165, 1.54) is 5.56 Å². The van der Waals surface area contributed by atoms with Crippen molar-refractivity contribution in [2.45, 2.75) is 38.8 Å². The predicted octanol–water partition coefficient (Wildman–Crippen LogP) is 4.26. The highest BCUT2D eigenvalue weighted by atomic mass is 28.2. The van der Waals surface area contributed by atoms with Crippen LogP contribution in [0.2, 0.25) is 5.54 Å². The van der Waals surface area contributed by atoms with Crippen LogP contribution in [0.5, 0.6) is 0 Å². The zero-order chi connectivity index (χ0) is 14.1. The van der Waals surface area contributed by atoms with E-state index < -0.39 is 0 Å². The Morgan fingerprint density at radius 2 is 2.16 bits per heavy atom. The zero-order valence-corrected chi connectivity index (χ0v) is 13.2. The lowest BCUT2D eigenvalue weighted by Gasteiger charge is -2.19. The highest BCUT2D eigenvalue weighted by Crippen LogP contribution is 2.23. The third-order valence-corrected chi connectivity index (χ3v) is 3.86. The van der Waals surface area contributed by atoms with E-state index in [4.69, 9.17) is 9.16 Å². The van der Waals surface area contributed by atoms with Gasteiger partial charge < -0.3 is 9.16 Å². The van der Waals surface area contributed by atoms with E-state index in [2.05, 4.69) is 44.7 Å². The summed E-state index contributed by atoms with van der Waals surface area (Å²) in [6, 6.07) is 8.39. The van der Waals surface area contributed by atoms with Crippen LogP contribution in [0.3, 0.4) is 0 Å². The maximum Gasteiger partial charge on any atom is 0.236 e. The molecule has 0 saturated heterocycles. The minimum absolute atomic E-state index is 0.169. The molecule has 1 rings (SSSR count). The number of hydrogen-bond acceptors (Lipinski definition) is 2. The van der Waals surface area contributed by atoms with Crippen molar-refractivity contribution in [3.8, 4) is 0 Å². The SMILES string of the molecule is C=Cc1cccc(C(CC)O[Si]C(C)COCC)c1. The molecule has 0 spiro atoms. The molecule has 1 aromatic rings. The summed E-state index contributed by atoms with van der Waals surface area (Å²) < 4.78 is 11.5. The van der Waals surface area contributed by atoms with Gasteiger partial charge in [-0.05, 0) is 36.1 Å². The molecule has 0 aliphatic rings. The molecule has 0 N–H and O–H groups in total. The van der Waals surface area contributed by atoms with E-state index in [1.807, 2.05) is 13.0 Å². The molecular weight excluding hydrogens is 252 g/mol. The molecule has 1 aromatic carbocycles. The Bertz CT molecular complexity index is 379. The minimum atomic E-state index is 0.169. The van der Waals surface area contributed by atoms with E-state index in [0.717, 1.165) is 25.2 Å². The van der Waals surface area contributed by atoms with Crippen molar-refractivity contribution >= 4 is 15.8 Å². The summed E-state index contributed by atoms with van der Waals surface area (Å²) in [4.78, 5) is 0. The summed E-state index contributed by atoms with van der Waals surface area (Å²) in [6.45, 7) is 11.7. The molecule has 0 bridgehead atoms. The monoisotopic (exact) mass is 276 g/mol. The van der Waals surface area contributed by atoms with Gasteiger partial charge in [-0.1, -0.05) is 44.7 Å². The van der Waals surface area contributed by atoms with Crippen LogP contribution in [0.25, 0.3) is 6.08 Å². The molecule has 0 aromatic heterocycles. The van der Waals surface area contributed by atoms with Crippen LogP contribution in [0.1, 0.15) is 44.4 Å². The summed E-state index contributed by atoms with van der Waals surface area (Å²) in [7, 11) is 0.475. The van der Waals surface area contributed by atoms with Crippen LogP contribution in [-0.4, -0.2) is 23.0 Å². The molecule has 0 heterocycles. The van der Waals surface area contributed by atoms with E-state index in [9.17, 15) is 0 Å². The van der Waals surface area contributed by atoms with Crippen molar-refractivity contribution in [3.63, 3.8) is 0 Å². The lowest BCUT2D eigenvalue weighted by molar-refractivity contribution is 0.138. The van der Waals surface area contributed by atoms with Crippen LogP contribution < -0.4 is 0 Å². The predicted molar refractivity (Wildman–Crippen MR) is 82.3 cm³/mol. The van der Waals surface area contributed by atoms with Crippen LogP contribution >= 0.6 is 0 Å². The number of benzene rings is 1. The van der Waals surface area contributed by atoms with Crippen molar-refractivity contribution < 1.29 is 9.16 Å². The van der Waals surface area contributed by atoms with Gasteiger partial charge in [0.2, 0.25) is 9.76 Å². The van der Waals surface area contributed by atoms with Gasteiger partial charge in [-0.15, -0.1) is 0 Å². The Morgan fingerprint density at radius 3 is 2.79 bits per heavy atom. The van der Waals surface area contributed by atoms with E-state index >= 15 is 0 Å². The van der Waals surface area contributed by atoms with Crippen LogP contribution in [0.4, 0.5) is 0 Å². The minimum Gasteiger partial charge on any atom is -0.410 e. The topological polar surface area (TPSA) is 18.5 Å². The zero-order valence-electron chi connectivity index (χ0n) is 12.2. The second-order valence-electron chi connectivity index (χ2n) is 4.57. The second-order valence-corrected chi connectivity index (χ2v) is 6.02. The van der Waals surface area contributed by atoms with E-state index in [0.29, 0.717) is 15.3 Å². The first-order valence-corrected chi connectivity index (χ1v) is 7.91. The van der Waals surface area contributed by atoms with Crippen LogP contribution in [0, 0.1) is 0 Å². The first kappa shape index (κ1) is 16.2. The van der Waals surface area contributed by atoms with Gasteiger partial charge in [-0.25, -0.2) is 0 Å². The summed E-state index contributed by atoms with van der Waals surface area (Å²) in [5, 5.41) is 0. The fraction of sp³-hybridized carbons (Fsp3) is 0.500. The average Bonchev–Trinajstić information content (AvgIpc) is 2.46. The number of ether oxygens (including phenoxy) is 1. The average molecular weight is 276 g/mol. The first-order valence-electron chi connectivity index (χ1n) is 6.92. The van der Waals surface area contributed by atoms with Crippen molar-refractivity contribution in [1.29, 1.82) is 0 Å². The van der Waals surface area contributed by atoms with Crippen molar-refractivity contribution in [1.82, 2.24) is 0 Å². The van der Waals surface area contributed by atoms with Crippen LogP contribution in [0.15, 0.2) is 30.8 Å². The third-order valence-electron chi connectivity index (χ3n) is 2.87. The molecule has 0 aliphatic carbocycles. The Hall–Kier alpha value is -0.903. The molecule has 2 nitrogen and oxygen atoms in total. The number of rotatable bonds is 9. The smallest absolute Gasteiger partial charge is 0.236 e. The van der Waals surface area contributed by atoms with Gasteiger partial charge in [0.05, 0.1) is 6.10 Å². The van der Waals surface area contributed by atoms with Crippen molar-refractivity contribution in [2.75, 3.05) is 13.2 Å². The van der Waals surface area contributed by atoms with Crippen molar-refractivity contribution in [2.24, 2.45) is 0 Å². The van der Waals surface area contributed by atoms with Gasteiger partial charge in [0.1, 0.15) is 0 Å². The Morgan fingerprint density at radius 1 is 1.37 bits per heavy atom. The van der Waals surface area contributed by atoms with Crippen LogP contribution in [-0.2, 0) is 9.16 Å². The number of hydrogen-bond donors (Lipinski definition) is 0. The maximum atomic E-state index is 6.05. The molecule has 19 heavy (non-hydrogen) atoms. The van der Waals surface area contributed by atoms with E-state index in [-0.39, 0.29) is 6.10 Å². The lowest BCUT2D eigenvalue weighted by atomic mass is 10.0. The quantitative estimate of drug-likeness (QED) is 0.627. The summed E-state index contributed by atoms with van der Waals surface area (Å²) in [6.07, 6.45) is 3.02. The molecular formula is C16H24O2Si. The van der Waals surface area contributed by atoms with Gasteiger partial charge in [0, 0.05) is 13.2 Å². The molecule has 3 heteroatoms. The summed E-state index contributed by atoms with van der Waals surface area (Å²) in [5.74, 6) is 0. The Kier molecular flexibility index (Phi) is 7.71. The van der Waals surface area contributed by atoms with Gasteiger partial charge in [0.25, 0.3) is 0 Å². The highest BCUT2D eigenvalue weighted by Gasteiger charge is 2.13. The molecule has 0 fully saturated rings.